The van der Waals surface area contributed by atoms with Crippen molar-refractivity contribution in [2.24, 2.45) is 0 Å². The van der Waals surface area contributed by atoms with Gasteiger partial charge in [-0.25, -0.2) is 4.98 Å². The van der Waals surface area contributed by atoms with E-state index in [0.29, 0.717) is 57.7 Å². The standard InChI is InChI=1S/C22H19N5O3.C13H11N3O4.C9H8O2.H3N.H2O/c1-14-21(15-6-4-3-5-7-15)26-22(25-14)19-12-17(10-11-24-19)30-16-8-9-18(23-2)20(13-16)27(28)29;1-14-12-3-2-10(7-13(12)16(18)19)20-11-4-5-15-9(6-11)8-17;1-7(10)9(11)8-5-3-2-4-6-8;;/h3-13,23H,1-2H3,(H,25,26);2-8,14H,1H3;2-6H,1H3;1H3;1H2. The number of hydrogen-bond donors (Lipinski definition) is 4. The lowest BCUT2D eigenvalue weighted by molar-refractivity contribution is -0.384. The van der Waals surface area contributed by atoms with Crippen LogP contribution in [0.3, 0.4) is 0 Å². The molecule has 0 saturated heterocycles. The Labute approximate surface area is 360 Å². The lowest BCUT2D eigenvalue weighted by Gasteiger charge is -2.08. The van der Waals surface area contributed by atoms with Gasteiger partial charge in [0, 0.05) is 62.4 Å². The lowest BCUT2D eigenvalue weighted by atomic mass is 10.1. The number of aldehydes is 1. The number of ketones is 2. The van der Waals surface area contributed by atoms with Gasteiger partial charge >= 0.3 is 0 Å². The molecule has 19 nitrogen and oxygen atoms in total. The Hall–Kier alpha value is -8.68. The number of aromatic amines is 1. The Bertz CT molecular complexity index is 2680. The summed E-state index contributed by atoms with van der Waals surface area (Å²) in [5, 5.41) is 27.7. The van der Waals surface area contributed by atoms with Gasteiger partial charge in [0.1, 0.15) is 45.8 Å². The van der Waals surface area contributed by atoms with E-state index in [2.05, 4.69) is 30.6 Å². The zero-order valence-corrected chi connectivity index (χ0v) is 34.4. The largest absolute Gasteiger partial charge is 0.457 e. The number of carbonyl (C=O) groups is 3. The summed E-state index contributed by atoms with van der Waals surface area (Å²) in [7, 11) is 3.23. The molecule has 7 rings (SSSR count). The molecule has 0 aliphatic heterocycles. The molecule has 63 heavy (non-hydrogen) atoms. The third kappa shape index (κ3) is 13.2. The minimum absolute atomic E-state index is 0. The summed E-state index contributed by atoms with van der Waals surface area (Å²) in [6, 6.07) is 34.0. The average molecular weight is 858 g/mol. The molecule has 0 amide bonds. The monoisotopic (exact) mass is 857 g/mol. The van der Waals surface area contributed by atoms with E-state index in [1.165, 1.54) is 31.3 Å². The molecule has 3 heterocycles. The van der Waals surface area contributed by atoms with E-state index in [9.17, 15) is 34.6 Å². The Morgan fingerprint density at radius 2 is 1.19 bits per heavy atom. The number of ether oxygens (including phenoxy) is 2. The van der Waals surface area contributed by atoms with Crippen LogP contribution in [0, 0.1) is 27.2 Å². The molecule has 19 heteroatoms. The smallest absolute Gasteiger partial charge is 0.296 e. The van der Waals surface area contributed by atoms with Gasteiger partial charge in [-0.3, -0.25) is 44.6 Å². The number of benzene rings is 4. The number of pyridine rings is 2. The number of nitrogens with zero attached hydrogens (tertiary/aromatic N) is 5. The SMILES string of the molecule is CC(=O)C(=O)c1ccccc1.CNc1ccc(Oc2ccnc(-c3nc(-c4ccccc4)c(C)[nH]3)c2)cc1[N+](=O)[O-].CNc1ccc(Oc2ccnc(C=O)c2)cc1[N+](=O)[O-].N.O. The number of hydrogen-bond acceptors (Lipinski definition) is 15. The predicted octanol–water partition coefficient (Wildman–Crippen LogP) is 8.62. The first-order valence-electron chi connectivity index (χ1n) is 18.3. The zero-order chi connectivity index (χ0) is 43.9. The highest BCUT2D eigenvalue weighted by atomic mass is 16.6. The minimum atomic E-state index is -0.498. The molecule has 0 saturated carbocycles. The molecule has 0 unspecified atom stereocenters. The Morgan fingerprint density at radius 3 is 1.68 bits per heavy atom. The van der Waals surface area contributed by atoms with Crippen molar-refractivity contribution in [1.29, 1.82) is 0 Å². The van der Waals surface area contributed by atoms with Crippen LogP contribution >= 0.6 is 0 Å². The average Bonchev–Trinajstić information content (AvgIpc) is 3.68. The maximum Gasteiger partial charge on any atom is 0.296 e. The number of anilines is 2. The van der Waals surface area contributed by atoms with Crippen LogP contribution < -0.4 is 26.3 Å². The van der Waals surface area contributed by atoms with E-state index in [4.69, 9.17) is 9.47 Å². The van der Waals surface area contributed by atoms with Crippen LogP contribution in [-0.2, 0) is 4.79 Å². The fourth-order valence-electron chi connectivity index (χ4n) is 5.56. The molecule has 0 bridgehead atoms. The number of nitro benzene ring substituents is 2. The Balaban J connectivity index is 0.000000276. The van der Waals surface area contributed by atoms with Crippen molar-refractivity contribution >= 4 is 40.6 Å². The first kappa shape index (κ1) is 48.7. The molecule has 4 aromatic carbocycles. The third-order valence-corrected chi connectivity index (χ3v) is 8.48. The van der Waals surface area contributed by atoms with Crippen LogP contribution in [0.25, 0.3) is 22.8 Å². The van der Waals surface area contributed by atoms with Crippen LogP contribution in [0.2, 0.25) is 0 Å². The van der Waals surface area contributed by atoms with Crippen molar-refractivity contribution in [2.45, 2.75) is 13.8 Å². The van der Waals surface area contributed by atoms with Crippen LogP contribution in [0.15, 0.2) is 134 Å². The summed E-state index contributed by atoms with van der Waals surface area (Å²) < 4.78 is 11.3. The van der Waals surface area contributed by atoms with E-state index < -0.39 is 21.4 Å². The molecule has 7 aromatic rings. The van der Waals surface area contributed by atoms with Gasteiger partial charge in [0.15, 0.2) is 17.9 Å². The summed E-state index contributed by atoms with van der Waals surface area (Å²) >= 11 is 0. The first-order chi connectivity index (χ1) is 29.4. The van der Waals surface area contributed by atoms with Gasteiger partial charge in [0.25, 0.3) is 11.4 Å². The van der Waals surface area contributed by atoms with E-state index in [1.807, 2.05) is 37.3 Å². The number of H-pyrrole nitrogens is 1. The quantitative estimate of drug-likeness (QED) is 0.0277. The highest BCUT2D eigenvalue weighted by molar-refractivity contribution is 6.42. The molecule has 0 aliphatic carbocycles. The minimum Gasteiger partial charge on any atom is -0.457 e. The molecule has 0 atom stereocenters. The summed E-state index contributed by atoms with van der Waals surface area (Å²) in [4.78, 5) is 69.6. The maximum atomic E-state index is 11.3. The fraction of sp³-hybridized carbons (Fsp3) is 0.0909. The Kier molecular flexibility index (Phi) is 17.9. The highest BCUT2D eigenvalue weighted by Gasteiger charge is 2.17. The Morgan fingerprint density at radius 1 is 0.698 bits per heavy atom. The molecule has 324 valence electrons. The van der Waals surface area contributed by atoms with E-state index in [0.717, 1.165) is 17.0 Å². The van der Waals surface area contributed by atoms with Crippen molar-refractivity contribution in [3.05, 3.63) is 171 Å². The van der Waals surface area contributed by atoms with Gasteiger partial charge in [-0.1, -0.05) is 60.7 Å². The summed E-state index contributed by atoms with van der Waals surface area (Å²) in [6.45, 7) is 3.23. The van der Waals surface area contributed by atoms with Gasteiger partial charge in [-0.15, -0.1) is 0 Å². The normalized spacial score (nSPS) is 9.78. The second-order valence-electron chi connectivity index (χ2n) is 12.7. The number of aromatic nitrogens is 4. The molecule has 0 radical (unpaired) electrons. The van der Waals surface area contributed by atoms with Crippen LogP contribution in [0.4, 0.5) is 22.7 Å². The number of imidazole rings is 1. The number of Topliss-reactive ketones (excluding diaryl/α,β-unsaturated/α-hetero) is 2. The number of nitro groups is 2. The van der Waals surface area contributed by atoms with Crippen molar-refractivity contribution in [3.8, 4) is 45.8 Å². The van der Waals surface area contributed by atoms with Crippen LogP contribution in [-0.4, -0.2) is 67.2 Å². The molecule has 0 fully saturated rings. The summed E-state index contributed by atoms with van der Waals surface area (Å²) in [6.07, 6.45) is 3.63. The van der Waals surface area contributed by atoms with Gasteiger partial charge in [0.05, 0.1) is 27.7 Å². The van der Waals surface area contributed by atoms with Gasteiger partial charge < -0.3 is 36.7 Å². The molecular formula is C44H43N9O10. The number of rotatable bonds is 13. The predicted molar refractivity (Wildman–Crippen MR) is 237 cm³/mol. The second-order valence-corrected chi connectivity index (χ2v) is 12.7. The number of nitrogens with one attached hydrogen (secondary N) is 3. The molecule has 0 spiro atoms. The topological polar surface area (TPSA) is 301 Å². The van der Waals surface area contributed by atoms with Crippen LogP contribution in [0.1, 0.15) is 33.5 Å². The van der Waals surface area contributed by atoms with E-state index in [-0.39, 0.29) is 28.7 Å². The molecule has 8 N–H and O–H groups in total. The molecular weight excluding hydrogens is 815 g/mol. The van der Waals surface area contributed by atoms with E-state index in [1.54, 1.807) is 93.1 Å². The lowest BCUT2D eigenvalue weighted by Crippen LogP contribution is -2.08. The van der Waals surface area contributed by atoms with Crippen molar-refractivity contribution in [3.63, 3.8) is 0 Å². The fourth-order valence-corrected chi connectivity index (χ4v) is 5.56. The maximum absolute atomic E-state index is 11.3. The number of aryl methyl sites for hydroxylation is 1. The molecule has 3 aromatic heterocycles. The molecule has 0 aliphatic rings. The zero-order valence-electron chi connectivity index (χ0n) is 34.4. The van der Waals surface area contributed by atoms with E-state index >= 15 is 0 Å². The van der Waals surface area contributed by atoms with Crippen molar-refractivity contribution < 1.29 is 39.2 Å². The third-order valence-electron chi connectivity index (χ3n) is 8.48. The second kappa shape index (κ2) is 23.2. The van der Waals surface area contributed by atoms with Crippen LogP contribution in [0.5, 0.6) is 23.0 Å². The number of carbonyl (C=O) groups excluding carboxylic acids is 3. The first-order valence-corrected chi connectivity index (χ1v) is 18.3. The van der Waals surface area contributed by atoms with Gasteiger partial charge in [0.2, 0.25) is 5.78 Å². The van der Waals surface area contributed by atoms with Crippen molar-refractivity contribution in [2.75, 3.05) is 24.7 Å². The van der Waals surface area contributed by atoms with Gasteiger partial charge in [-0.2, -0.15) is 0 Å². The highest BCUT2D eigenvalue weighted by Crippen LogP contribution is 2.33. The van der Waals surface area contributed by atoms with Crippen molar-refractivity contribution in [1.82, 2.24) is 26.1 Å². The summed E-state index contributed by atoms with van der Waals surface area (Å²) in [5.41, 5.74) is 4.77. The summed E-state index contributed by atoms with van der Waals surface area (Å²) in [5.74, 6) is 1.32. The van der Waals surface area contributed by atoms with Gasteiger partial charge in [-0.05, 0) is 43.3 Å².